The molecule has 0 saturated heterocycles. The smallest absolute Gasteiger partial charge is 0.252 e. The molecule has 1 aromatic heterocycles. The van der Waals surface area contributed by atoms with Crippen molar-refractivity contribution in [3.63, 3.8) is 0 Å². The molecule has 1 N–H and O–H groups in total. The van der Waals surface area contributed by atoms with Crippen LogP contribution in [0.4, 0.5) is 0 Å². The zero-order chi connectivity index (χ0) is 15.8. The van der Waals surface area contributed by atoms with Gasteiger partial charge in [0.05, 0.1) is 23.3 Å². The fourth-order valence-electron chi connectivity index (χ4n) is 4.07. The van der Waals surface area contributed by atoms with Crippen molar-refractivity contribution in [1.29, 1.82) is 0 Å². The summed E-state index contributed by atoms with van der Waals surface area (Å²) in [4.78, 5) is 12.7. The Morgan fingerprint density at radius 2 is 1.83 bits per heavy atom. The largest absolute Gasteiger partial charge is 0.349 e. The minimum Gasteiger partial charge on any atom is -0.349 e. The predicted molar refractivity (Wildman–Crippen MR) is 94.7 cm³/mol. The molecule has 0 unspecified atom stereocenters. The molecule has 122 valence electrons. The van der Waals surface area contributed by atoms with Crippen LogP contribution in [0.1, 0.15) is 67.8 Å². The summed E-state index contributed by atoms with van der Waals surface area (Å²) in [6.45, 7) is 0. The number of hydrogen-bond acceptors (Lipinski definition) is 2. The zero-order valence-electron chi connectivity index (χ0n) is 13.2. The maximum absolute atomic E-state index is 12.7. The average molecular weight is 376 g/mol. The Hall–Kier alpha value is -1.36. The highest BCUT2D eigenvalue weighted by Gasteiger charge is 2.23. The van der Waals surface area contributed by atoms with Crippen LogP contribution in [0.2, 0.25) is 0 Å². The van der Waals surface area contributed by atoms with E-state index in [1.807, 2.05) is 12.3 Å². The molecule has 2 aromatic rings. The fraction of sp³-hybridized carbons (Fsp3) is 0.556. The Morgan fingerprint density at radius 3 is 2.57 bits per heavy atom. The van der Waals surface area contributed by atoms with E-state index < -0.39 is 0 Å². The van der Waals surface area contributed by atoms with Gasteiger partial charge in [0.15, 0.2) is 0 Å². The Kier molecular flexibility index (Phi) is 4.14. The van der Waals surface area contributed by atoms with Gasteiger partial charge in [-0.3, -0.25) is 9.48 Å². The Morgan fingerprint density at radius 1 is 1.13 bits per heavy atom. The van der Waals surface area contributed by atoms with Gasteiger partial charge in [0.25, 0.3) is 5.91 Å². The molecule has 0 spiro atoms. The van der Waals surface area contributed by atoms with Crippen LogP contribution >= 0.6 is 15.9 Å². The lowest BCUT2D eigenvalue weighted by atomic mass is 10.1. The molecule has 4 rings (SSSR count). The van der Waals surface area contributed by atoms with E-state index in [1.165, 1.54) is 38.5 Å². The molecule has 2 aliphatic carbocycles. The zero-order valence-corrected chi connectivity index (χ0v) is 14.8. The average Bonchev–Trinajstić information content (AvgIpc) is 3.26. The van der Waals surface area contributed by atoms with Gasteiger partial charge >= 0.3 is 0 Å². The van der Waals surface area contributed by atoms with Crippen molar-refractivity contribution < 1.29 is 4.79 Å². The minimum atomic E-state index is 0.0363. The Balaban J connectivity index is 1.70. The number of carbonyl (C=O) groups excluding carboxylic acids is 1. The van der Waals surface area contributed by atoms with Crippen molar-refractivity contribution >= 4 is 32.7 Å². The number of amides is 1. The number of nitrogens with zero attached hydrogens (tertiary/aromatic N) is 2. The van der Waals surface area contributed by atoms with Crippen molar-refractivity contribution in [3.05, 3.63) is 28.4 Å². The van der Waals surface area contributed by atoms with Crippen molar-refractivity contribution in [2.75, 3.05) is 0 Å². The van der Waals surface area contributed by atoms with Gasteiger partial charge in [-0.05, 0) is 37.8 Å². The summed E-state index contributed by atoms with van der Waals surface area (Å²) in [5.74, 6) is 0.0363. The van der Waals surface area contributed by atoms with Crippen LogP contribution in [-0.4, -0.2) is 21.7 Å². The lowest BCUT2D eigenvalue weighted by molar-refractivity contribution is 0.0939. The molecule has 2 fully saturated rings. The normalized spacial score (nSPS) is 19.7. The van der Waals surface area contributed by atoms with E-state index in [-0.39, 0.29) is 5.91 Å². The van der Waals surface area contributed by atoms with Crippen LogP contribution in [0.25, 0.3) is 10.9 Å². The molecular formula is C18H22BrN3O. The fourth-order valence-corrected chi connectivity index (χ4v) is 4.52. The van der Waals surface area contributed by atoms with Gasteiger partial charge in [-0.1, -0.05) is 41.6 Å². The second kappa shape index (κ2) is 6.27. The second-order valence-corrected chi connectivity index (χ2v) is 7.78. The lowest BCUT2D eigenvalue weighted by Gasteiger charge is -2.14. The van der Waals surface area contributed by atoms with E-state index in [9.17, 15) is 4.79 Å². The number of aromatic nitrogens is 2. The van der Waals surface area contributed by atoms with E-state index in [0.717, 1.165) is 33.8 Å². The van der Waals surface area contributed by atoms with Gasteiger partial charge in [-0.25, -0.2) is 0 Å². The van der Waals surface area contributed by atoms with Crippen LogP contribution < -0.4 is 5.32 Å². The van der Waals surface area contributed by atoms with Crippen molar-refractivity contribution in [2.45, 2.75) is 63.5 Å². The molecule has 23 heavy (non-hydrogen) atoms. The van der Waals surface area contributed by atoms with Crippen molar-refractivity contribution in [1.82, 2.24) is 15.1 Å². The van der Waals surface area contributed by atoms with Gasteiger partial charge in [0, 0.05) is 15.9 Å². The molecule has 1 heterocycles. The molecule has 5 heteroatoms. The maximum Gasteiger partial charge on any atom is 0.252 e. The molecule has 1 amide bonds. The molecule has 2 aliphatic rings. The van der Waals surface area contributed by atoms with Gasteiger partial charge in [-0.2, -0.15) is 5.10 Å². The molecule has 0 aliphatic heterocycles. The van der Waals surface area contributed by atoms with Crippen LogP contribution in [0.15, 0.2) is 22.8 Å². The first-order valence-corrected chi connectivity index (χ1v) is 9.49. The first-order valence-electron chi connectivity index (χ1n) is 8.70. The number of hydrogen-bond donors (Lipinski definition) is 1. The second-order valence-electron chi connectivity index (χ2n) is 6.87. The number of carbonyl (C=O) groups is 1. The number of rotatable bonds is 3. The highest BCUT2D eigenvalue weighted by Crippen LogP contribution is 2.33. The monoisotopic (exact) mass is 375 g/mol. The summed E-state index contributed by atoms with van der Waals surface area (Å²) >= 11 is 3.57. The molecule has 1 aromatic carbocycles. The number of halogens is 1. The van der Waals surface area contributed by atoms with E-state index in [4.69, 9.17) is 0 Å². The topological polar surface area (TPSA) is 46.9 Å². The standard InChI is InChI=1S/C18H22BrN3O/c19-12-9-15(18(23)21-13-5-1-2-6-13)16-11-20-22(17(16)10-12)14-7-3-4-8-14/h9-11,13-14H,1-8H2,(H,21,23). The summed E-state index contributed by atoms with van der Waals surface area (Å²) in [5.41, 5.74) is 1.81. The van der Waals surface area contributed by atoms with Crippen molar-refractivity contribution in [3.8, 4) is 0 Å². The summed E-state index contributed by atoms with van der Waals surface area (Å²) in [6, 6.07) is 4.83. The number of fused-ring (bicyclic) bond motifs is 1. The summed E-state index contributed by atoms with van der Waals surface area (Å²) in [6.07, 6.45) is 11.4. The van der Waals surface area contributed by atoms with Gasteiger partial charge < -0.3 is 5.32 Å². The SMILES string of the molecule is O=C(NC1CCCC1)c1cc(Br)cc2c1cnn2C1CCCC1. The Bertz CT molecular complexity index is 727. The molecule has 4 nitrogen and oxygen atoms in total. The molecule has 0 atom stereocenters. The molecule has 2 saturated carbocycles. The summed E-state index contributed by atoms with van der Waals surface area (Å²) in [5, 5.41) is 8.77. The third-order valence-electron chi connectivity index (χ3n) is 5.29. The number of nitrogens with one attached hydrogen (secondary N) is 1. The highest BCUT2D eigenvalue weighted by molar-refractivity contribution is 9.10. The van der Waals surface area contributed by atoms with Crippen molar-refractivity contribution in [2.24, 2.45) is 0 Å². The summed E-state index contributed by atoms with van der Waals surface area (Å²) < 4.78 is 3.07. The molecular weight excluding hydrogens is 354 g/mol. The van der Waals surface area contributed by atoms with Crippen LogP contribution in [0, 0.1) is 0 Å². The third-order valence-corrected chi connectivity index (χ3v) is 5.74. The van der Waals surface area contributed by atoms with E-state index >= 15 is 0 Å². The van der Waals surface area contributed by atoms with E-state index in [0.29, 0.717) is 12.1 Å². The lowest BCUT2D eigenvalue weighted by Crippen LogP contribution is -2.32. The molecule has 0 bridgehead atoms. The van der Waals surface area contributed by atoms with Crippen LogP contribution in [0.3, 0.4) is 0 Å². The van der Waals surface area contributed by atoms with Gasteiger partial charge in [0.1, 0.15) is 0 Å². The van der Waals surface area contributed by atoms with E-state index in [1.54, 1.807) is 0 Å². The molecule has 0 radical (unpaired) electrons. The summed E-state index contributed by atoms with van der Waals surface area (Å²) in [7, 11) is 0. The van der Waals surface area contributed by atoms with E-state index in [2.05, 4.69) is 37.1 Å². The van der Waals surface area contributed by atoms with Crippen LogP contribution in [-0.2, 0) is 0 Å². The van der Waals surface area contributed by atoms with Crippen LogP contribution in [0.5, 0.6) is 0 Å². The maximum atomic E-state index is 12.7. The third kappa shape index (κ3) is 2.91. The first kappa shape index (κ1) is 15.2. The number of benzene rings is 1. The minimum absolute atomic E-state index is 0.0363. The first-order chi connectivity index (χ1) is 11.2. The Labute approximate surface area is 144 Å². The highest BCUT2D eigenvalue weighted by atomic mass is 79.9. The van der Waals surface area contributed by atoms with Gasteiger partial charge in [-0.15, -0.1) is 0 Å². The quantitative estimate of drug-likeness (QED) is 0.852. The predicted octanol–water partition coefficient (Wildman–Crippen LogP) is 4.59. The van der Waals surface area contributed by atoms with Gasteiger partial charge in [0.2, 0.25) is 0 Å².